The number of rotatable bonds is 7. The zero-order chi connectivity index (χ0) is 25.8. The Kier molecular flexibility index (Phi) is 7.23. The molecule has 0 saturated carbocycles. The molecule has 2 N–H and O–H groups in total. The van der Waals surface area contributed by atoms with Crippen LogP contribution in [0.4, 0.5) is 5.82 Å². The number of aromatic nitrogens is 2. The van der Waals surface area contributed by atoms with E-state index in [9.17, 15) is 9.59 Å². The minimum atomic E-state index is -0.643. The van der Waals surface area contributed by atoms with E-state index in [4.69, 9.17) is 9.72 Å². The van der Waals surface area contributed by atoms with Gasteiger partial charge in [0, 0.05) is 5.75 Å². The topological polar surface area (TPSA) is 84.1 Å². The lowest BCUT2D eigenvalue weighted by Crippen LogP contribution is -2.31. The van der Waals surface area contributed by atoms with Crippen LogP contribution in [0.5, 0.6) is 0 Å². The SMILES string of the molecule is CCOC(=O)C1=C(c2ccccc2)Nc2nc(SCc3ccccc3)[nH]c(=O)c2C1c1ccc(C)cc1. The predicted octanol–water partition coefficient (Wildman–Crippen LogP) is 5.90. The van der Waals surface area contributed by atoms with Crippen molar-refractivity contribution >= 4 is 29.2 Å². The first-order valence-electron chi connectivity index (χ1n) is 12.2. The summed E-state index contributed by atoms with van der Waals surface area (Å²) in [5.41, 5.74) is 4.95. The van der Waals surface area contributed by atoms with Gasteiger partial charge in [0.15, 0.2) is 5.16 Å². The van der Waals surface area contributed by atoms with E-state index in [1.54, 1.807) is 6.92 Å². The van der Waals surface area contributed by atoms with E-state index in [-0.39, 0.29) is 12.2 Å². The van der Waals surface area contributed by atoms with E-state index in [0.717, 1.165) is 22.3 Å². The molecule has 1 aliphatic rings. The van der Waals surface area contributed by atoms with Crippen molar-refractivity contribution < 1.29 is 9.53 Å². The first-order chi connectivity index (χ1) is 18.0. The summed E-state index contributed by atoms with van der Waals surface area (Å²) in [5.74, 6) is -0.00121. The van der Waals surface area contributed by atoms with Gasteiger partial charge in [-0.1, -0.05) is 102 Å². The molecule has 6 nitrogen and oxygen atoms in total. The van der Waals surface area contributed by atoms with E-state index >= 15 is 0 Å². The number of hydrogen-bond acceptors (Lipinski definition) is 6. The molecule has 3 aromatic carbocycles. The summed E-state index contributed by atoms with van der Waals surface area (Å²) < 4.78 is 5.50. The number of benzene rings is 3. The molecule has 1 aromatic heterocycles. The van der Waals surface area contributed by atoms with Gasteiger partial charge in [0.25, 0.3) is 5.56 Å². The molecule has 186 valence electrons. The van der Waals surface area contributed by atoms with E-state index in [0.29, 0.717) is 33.6 Å². The van der Waals surface area contributed by atoms with Gasteiger partial charge in [-0.25, -0.2) is 9.78 Å². The van der Waals surface area contributed by atoms with Gasteiger partial charge in [-0.15, -0.1) is 0 Å². The van der Waals surface area contributed by atoms with Crippen molar-refractivity contribution in [2.75, 3.05) is 11.9 Å². The van der Waals surface area contributed by atoms with Crippen molar-refractivity contribution in [2.45, 2.75) is 30.7 Å². The molecule has 0 aliphatic carbocycles. The summed E-state index contributed by atoms with van der Waals surface area (Å²) >= 11 is 1.46. The number of hydrogen-bond donors (Lipinski definition) is 2. The van der Waals surface area contributed by atoms with Crippen molar-refractivity contribution in [3.63, 3.8) is 0 Å². The Morgan fingerprint density at radius 2 is 1.65 bits per heavy atom. The van der Waals surface area contributed by atoms with Gasteiger partial charge >= 0.3 is 5.97 Å². The summed E-state index contributed by atoms with van der Waals surface area (Å²) in [7, 11) is 0. The molecule has 0 saturated heterocycles. The van der Waals surface area contributed by atoms with Gasteiger partial charge in [0.05, 0.1) is 29.4 Å². The fourth-order valence-corrected chi connectivity index (χ4v) is 5.26. The number of aromatic amines is 1. The zero-order valence-corrected chi connectivity index (χ0v) is 21.5. The Bertz CT molecular complexity index is 1500. The smallest absolute Gasteiger partial charge is 0.337 e. The van der Waals surface area contributed by atoms with Crippen LogP contribution in [0.1, 0.15) is 40.7 Å². The highest BCUT2D eigenvalue weighted by Gasteiger charge is 2.38. The third-order valence-electron chi connectivity index (χ3n) is 6.21. The van der Waals surface area contributed by atoms with E-state index in [2.05, 4.69) is 10.3 Å². The third kappa shape index (κ3) is 5.22. The number of ether oxygens (including phenoxy) is 1. The Balaban J connectivity index is 1.67. The summed E-state index contributed by atoms with van der Waals surface area (Å²) in [4.78, 5) is 34.8. The maximum Gasteiger partial charge on any atom is 0.337 e. The minimum Gasteiger partial charge on any atom is -0.463 e. The van der Waals surface area contributed by atoms with Crippen LogP contribution in [0, 0.1) is 6.92 Å². The zero-order valence-electron chi connectivity index (χ0n) is 20.7. The van der Waals surface area contributed by atoms with Crippen molar-refractivity contribution in [1.29, 1.82) is 0 Å². The minimum absolute atomic E-state index is 0.224. The molecular weight excluding hydrogens is 482 g/mol. The highest BCUT2D eigenvalue weighted by molar-refractivity contribution is 7.98. The van der Waals surface area contributed by atoms with Crippen LogP contribution in [0.15, 0.2) is 100 Å². The van der Waals surface area contributed by atoms with Crippen molar-refractivity contribution in [1.82, 2.24) is 9.97 Å². The van der Waals surface area contributed by atoms with Gasteiger partial charge in [-0.05, 0) is 30.5 Å². The van der Waals surface area contributed by atoms with E-state index < -0.39 is 11.9 Å². The second kappa shape index (κ2) is 10.9. The fourth-order valence-electron chi connectivity index (χ4n) is 4.45. The molecule has 0 amide bonds. The van der Waals surface area contributed by atoms with Crippen molar-refractivity contribution in [2.24, 2.45) is 0 Å². The molecule has 1 unspecified atom stereocenters. The van der Waals surface area contributed by atoms with Crippen molar-refractivity contribution in [3.8, 4) is 0 Å². The largest absolute Gasteiger partial charge is 0.463 e. The molecule has 0 fully saturated rings. The average Bonchev–Trinajstić information content (AvgIpc) is 2.92. The fraction of sp³-hybridized carbons (Fsp3) is 0.167. The number of thioether (sulfide) groups is 1. The Morgan fingerprint density at radius 1 is 0.973 bits per heavy atom. The number of H-pyrrole nitrogens is 1. The van der Waals surface area contributed by atoms with Gasteiger partial charge < -0.3 is 15.0 Å². The first kappa shape index (κ1) is 24.6. The standard InChI is InChI=1S/C30H27N3O3S/c1-3-36-29(35)24-23(21-16-14-19(2)15-17-21)25-27(31-26(24)22-12-8-5-9-13-22)32-30(33-28(25)34)37-18-20-10-6-4-7-11-20/h4-17,23H,3,18H2,1-2H3,(H2,31,32,33,34). The summed E-state index contributed by atoms with van der Waals surface area (Å²) in [5, 5.41) is 3.84. The maximum atomic E-state index is 13.6. The predicted molar refractivity (Wildman–Crippen MR) is 148 cm³/mol. The van der Waals surface area contributed by atoms with Crippen LogP contribution in [-0.2, 0) is 15.3 Å². The molecule has 0 spiro atoms. The van der Waals surface area contributed by atoms with Gasteiger partial charge in [-0.3, -0.25) is 4.79 Å². The lowest BCUT2D eigenvalue weighted by molar-refractivity contribution is -0.138. The van der Waals surface area contributed by atoms with Gasteiger partial charge in [0.1, 0.15) is 5.82 Å². The normalized spacial score (nSPS) is 14.6. The summed E-state index contributed by atoms with van der Waals surface area (Å²) in [6, 6.07) is 27.5. The molecule has 1 atom stereocenters. The molecule has 0 radical (unpaired) electrons. The Hall–Kier alpha value is -4.10. The highest BCUT2D eigenvalue weighted by atomic mass is 32.2. The highest BCUT2D eigenvalue weighted by Crippen LogP contribution is 2.43. The molecular formula is C30H27N3O3S. The van der Waals surface area contributed by atoms with Gasteiger partial charge in [0.2, 0.25) is 0 Å². The number of anilines is 1. The summed E-state index contributed by atoms with van der Waals surface area (Å²) in [6.45, 7) is 4.00. The van der Waals surface area contributed by atoms with Crippen molar-refractivity contribution in [3.05, 3.63) is 129 Å². The van der Waals surface area contributed by atoms with E-state index in [1.165, 1.54) is 11.8 Å². The Morgan fingerprint density at radius 3 is 2.32 bits per heavy atom. The molecule has 5 rings (SSSR count). The van der Waals surface area contributed by atoms with Crippen LogP contribution in [-0.4, -0.2) is 22.5 Å². The number of nitrogens with zero attached hydrogens (tertiary/aromatic N) is 1. The Labute approximate surface area is 219 Å². The lowest BCUT2D eigenvalue weighted by Gasteiger charge is -2.30. The molecule has 7 heteroatoms. The average molecular weight is 510 g/mol. The monoisotopic (exact) mass is 509 g/mol. The number of fused-ring (bicyclic) bond motifs is 1. The van der Waals surface area contributed by atoms with Crippen LogP contribution < -0.4 is 10.9 Å². The maximum absolute atomic E-state index is 13.6. The lowest BCUT2D eigenvalue weighted by atomic mass is 9.81. The number of aryl methyl sites for hydroxylation is 1. The van der Waals surface area contributed by atoms with Crippen LogP contribution in [0.3, 0.4) is 0 Å². The number of carbonyl (C=O) groups excluding carboxylic acids is 1. The van der Waals surface area contributed by atoms with E-state index in [1.807, 2.05) is 91.9 Å². The number of nitrogens with one attached hydrogen (secondary N) is 2. The van der Waals surface area contributed by atoms with Gasteiger partial charge in [-0.2, -0.15) is 0 Å². The second-order valence-electron chi connectivity index (χ2n) is 8.75. The molecule has 1 aliphatic heterocycles. The van der Waals surface area contributed by atoms with Crippen LogP contribution >= 0.6 is 11.8 Å². The quantitative estimate of drug-likeness (QED) is 0.183. The number of carbonyl (C=O) groups is 1. The molecule has 4 aromatic rings. The second-order valence-corrected chi connectivity index (χ2v) is 9.72. The third-order valence-corrected chi connectivity index (χ3v) is 7.15. The molecule has 2 heterocycles. The summed E-state index contributed by atoms with van der Waals surface area (Å²) in [6.07, 6.45) is 0. The first-order valence-corrected chi connectivity index (χ1v) is 13.1. The van der Waals surface area contributed by atoms with Crippen LogP contribution in [0.2, 0.25) is 0 Å². The molecule has 0 bridgehead atoms. The molecule has 37 heavy (non-hydrogen) atoms. The van der Waals surface area contributed by atoms with Crippen LogP contribution in [0.25, 0.3) is 5.70 Å². The number of esters is 1.